The van der Waals surface area contributed by atoms with E-state index < -0.39 is 34.6 Å². The fourth-order valence-corrected chi connectivity index (χ4v) is 5.83. The molecule has 214 valence electrons. The van der Waals surface area contributed by atoms with E-state index in [-0.39, 0.29) is 23.5 Å². The van der Waals surface area contributed by atoms with Crippen molar-refractivity contribution >= 4 is 46.7 Å². The number of benzene rings is 1. The molecule has 14 heteroatoms. The van der Waals surface area contributed by atoms with Crippen LogP contribution in [0, 0.1) is 24.5 Å². The Morgan fingerprint density at radius 3 is 2.63 bits per heavy atom. The van der Waals surface area contributed by atoms with Gasteiger partial charge in [0.05, 0.1) is 24.1 Å². The van der Waals surface area contributed by atoms with Crippen LogP contribution in [0.5, 0.6) is 0 Å². The Bertz CT molecular complexity index is 1560. The summed E-state index contributed by atoms with van der Waals surface area (Å²) in [7, 11) is 1.24. The van der Waals surface area contributed by atoms with Gasteiger partial charge in [-0.25, -0.2) is 28.5 Å². The molecule has 0 aliphatic carbocycles. The molecule has 2 aromatic heterocycles. The highest BCUT2D eigenvalue weighted by atomic mass is 35.5. The Morgan fingerprint density at radius 1 is 1.24 bits per heavy atom. The Hall–Kier alpha value is -3.97. The van der Waals surface area contributed by atoms with Gasteiger partial charge in [-0.2, -0.15) is 0 Å². The summed E-state index contributed by atoms with van der Waals surface area (Å²) in [5.41, 5.74) is 1.98. The maximum absolute atomic E-state index is 14.5. The van der Waals surface area contributed by atoms with E-state index >= 15 is 0 Å². The molecule has 3 aromatic rings. The van der Waals surface area contributed by atoms with Crippen LogP contribution in [0.4, 0.5) is 14.7 Å². The van der Waals surface area contributed by atoms with Gasteiger partial charge in [-0.3, -0.25) is 9.79 Å². The molecule has 2 N–H and O–H groups in total. The van der Waals surface area contributed by atoms with Crippen molar-refractivity contribution < 1.29 is 28.2 Å². The van der Waals surface area contributed by atoms with Gasteiger partial charge in [0, 0.05) is 59.3 Å². The number of carboxylic acid groups (broad SMARTS) is 1. The van der Waals surface area contributed by atoms with Crippen LogP contribution in [0.2, 0.25) is 5.02 Å². The van der Waals surface area contributed by atoms with E-state index in [2.05, 4.69) is 25.3 Å². The van der Waals surface area contributed by atoms with Crippen LogP contribution in [0.15, 0.2) is 46.2 Å². The van der Waals surface area contributed by atoms with E-state index in [0.29, 0.717) is 59.7 Å². The van der Waals surface area contributed by atoms with Gasteiger partial charge in [-0.15, -0.1) is 11.3 Å². The first-order valence-electron chi connectivity index (χ1n) is 12.7. The first kappa shape index (κ1) is 28.6. The van der Waals surface area contributed by atoms with Gasteiger partial charge < -0.3 is 20.1 Å². The van der Waals surface area contributed by atoms with Crippen LogP contribution in [0.25, 0.3) is 0 Å². The minimum Gasteiger partial charge on any atom is -0.481 e. The third kappa shape index (κ3) is 5.77. The van der Waals surface area contributed by atoms with Crippen molar-refractivity contribution in [3.8, 4) is 0 Å². The maximum atomic E-state index is 14.5. The Kier molecular flexibility index (Phi) is 8.27. The summed E-state index contributed by atoms with van der Waals surface area (Å²) in [4.78, 5) is 44.2. The predicted octanol–water partition coefficient (Wildman–Crippen LogP) is 4.24. The molecule has 10 nitrogen and oxygen atoms in total. The molecular formula is C27H25ClF2N6O4S. The molecule has 1 atom stereocenters. The third-order valence-electron chi connectivity index (χ3n) is 7.07. The molecular weight excluding hydrogens is 578 g/mol. The number of ether oxygens (including phenoxy) is 1. The average Bonchev–Trinajstić information content (AvgIpc) is 3.51. The highest BCUT2D eigenvalue weighted by molar-refractivity contribution is 7.11. The number of aromatic nitrogens is 3. The van der Waals surface area contributed by atoms with Gasteiger partial charge in [0.15, 0.2) is 22.5 Å². The topological polar surface area (TPSA) is 130 Å². The van der Waals surface area contributed by atoms with Crippen molar-refractivity contribution in [2.75, 3.05) is 25.1 Å². The Morgan fingerprint density at radius 2 is 2.00 bits per heavy atom. The molecule has 41 heavy (non-hydrogen) atoms. The number of aliphatic imine (C=N–C) groups is 1. The Labute approximate surface area is 242 Å². The van der Waals surface area contributed by atoms with Crippen LogP contribution in [0.3, 0.4) is 0 Å². The lowest BCUT2D eigenvalue weighted by molar-refractivity contribution is -0.137. The molecule has 0 spiro atoms. The molecule has 4 heterocycles. The number of nitrogens with zero attached hydrogens (tertiary/aromatic N) is 5. The highest BCUT2D eigenvalue weighted by Gasteiger charge is 2.38. The lowest BCUT2D eigenvalue weighted by atomic mass is 9.85. The summed E-state index contributed by atoms with van der Waals surface area (Å²) < 4.78 is 33.6. The molecule has 5 rings (SSSR count). The molecule has 1 fully saturated rings. The summed E-state index contributed by atoms with van der Waals surface area (Å²) in [6.07, 6.45) is 4.17. The molecule has 2 aliphatic heterocycles. The number of thiazole rings is 1. The monoisotopic (exact) mass is 602 g/mol. The standard InChI is InChI=1S/C27H25ClF2N6O4S/c1-13-15(11-18(37)38)12-32-27(33-13)36-8-5-14(6-9-36)22-19(26(39)40-2)23(16-3-4-17(29)21(30)20(16)28)35-24(34-22)25-31-7-10-41-25/h3-4,7,10,12,14,23H,5-6,8-9,11H2,1-2H3,(H,34,35)(H,37,38). The van der Waals surface area contributed by atoms with Crippen molar-refractivity contribution in [3.63, 3.8) is 0 Å². The van der Waals surface area contributed by atoms with Crippen molar-refractivity contribution in [1.29, 1.82) is 0 Å². The van der Waals surface area contributed by atoms with E-state index in [1.807, 2.05) is 4.90 Å². The number of methoxy groups -OCH3 is 1. The number of halogens is 3. The number of hydrogen-bond acceptors (Lipinski definition) is 10. The fraction of sp³-hybridized carbons (Fsp3) is 0.333. The second-order valence-electron chi connectivity index (χ2n) is 9.54. The van der Waals surface area contributed by atoms with E-state index in [4.69, 9.17) is 21.4 Å². The maximum Gasteiger partial charge on any atom is 0.338 e. The van der Waals surface area contributed by atoms with E-state index in [9.17, 15) is 18.4 Å². The minimum atomic E-state index is -1.22. The molecule has 1 saturated heterocycles. The van der Waals surface area contributed by atoms with Crippen LogP contribution in [-0.2, 0) is 20.7 Å². The lowest BCUT2D eigenvalue weighted by Gasteiger charge is -2.36. The molecule has 0 bridgehead atoms. The van der Waals surface area contributed by atoms with Crippen LogP contribution in [-0.4, -0.2) is 58.0 Å². The smallest absolute Gasteiger partial charge is 0.338 e. The highest BCUT2D eigenvalue weighted by Crippen LogP contribution is 2.41. The fourth-order valence-electron chi connectivity index (χ4n) is 4.98. The number of aryl methyl sites for hydroxylation is 1. The summed E-state index contributed by atoms with van der Waals surface area (Å²) >= 11 is 7.58. The number of carbonyl (C=O) groups excluding carboxylic acids is 1. The van der Waals surface area contributed by atoms with Gasteiger partial charge in [-0.1, -0.05) is 17.7 Å². The lowest BCUT2D eigenvalue weighted by Crippen LogP contribution is -2.42. The van der Waals surface area contributed by atoms with Gasteiger partial charge >= 0.3 is 11.9 Å². The van der Waals surface area contributed by atoms with Gasteiger partial charge in [0.1, 0.15) is 6.04 Å². The van der Waals surface area contributed by atoms with Gasteiger partial charge in [0.2, 0.25) is 5.95 Å². The number of hydrogen-bond donors (Lipinski definition) is 2. The molecule has 0 radical (unpaired) electrons. The molecule has 0 amide bonds. The predicted molar refractivity (Wildman–Crippen MR) is 148 cm³/mol. The second kappa shape index (κ2) is 11.9. The third-order valence-corrected chi connectivity index (χ3v) is 8.23. The summed E-state index contributed by atoms with van der Waals surface area (Å²) in [5, 5.41) is 14.2. The van der Waals surface area contributed by atoms with Crippen LogP contribution in [0.1, 0.15) is 40.7 Å². The average molecular weight is 603 g/mol. The zero-order valence-corrected chi connectivity index (χ0v) is 23.6. The first-order chi connectivity index (χ1) is 19.7. The quantitative estimate of drug-likeness (QED) is 0.301. The largest absolute Gasteiger partial charge is 0.481 e. The number of rotatable bonds is 7. The number of allylic oxidation sites excluding steroid dienone is 1. The number of esters is 1. The van der Waals surface area contributed by atoms with Gasteiger partial charge in [0.25, 0.3) is 0 Å². The van der Waals surface area contributed by atoms with Crippen molar-refractivity contribution in [3.05, 3.63) is 79.7 Å². The number of amidine groups is 1. The zero-order chi connectivity index (χ0) is 29.3. The number of piperidine rings is 1. The molecule has 2 aliphatic rings. The first-order valence-corrected chi connectivity index (χ1v) is 13.9. The SMILES string of the molecule is COC(=O)C1=C(C2CCN(c3ncc(CC(=O)O)c(C)n3)CC2)NC(c2nccs2)=NC1c1ccc(F)c(F)c1Cl. The van der Waals surface area contributed by atoms with Crippen molar-refractivity contribution in [2.24, 2.45) is 10.9 Å². The van der Waals surface area contributed by atoms with Crippen molar-refractivity contribution in [2.45, 2.75) is 32.2 Å². The van der Waals surface area contributed by atoms with E-state index in [1.54, 1.807) is 18.5 Å². The number of carbonyl (C=O) groups is 2. The van der Waals surface area contributed by atoms with Crippen LogP contribution >= 0.6 is 22.9 Å². The Balaban J connectivity index is 1.49. The summed E-state index contributed by atoms with van der Waals surface area (Å²) in [5.74, 6) is -3.25. The van der Waals surface area contributed by atoms with E-state index in [1.165, 1.54) is 30.7 Å². The van der Waals surface area contributed by atoms with Crippen molar-refractivity contribution in [1.82, 2.24) is 20.3 Å². The number of anilines is 1. The van der Waals surface area contributed by atoms with Crippen LogP contribution < -0.4 is 10.2 Å². The van der Waals surface area contributed by atoms with E-state index in [0.717, 1.165) is 6.07 Å². The number of aliphatic carboxylic acids is 1. The van der Waals surface area contributed by atoms with Gasteiger partial charge in [-0.05, 0) is 25.8 Å². The normalized spacial score (nSPS) is 17.7. The second-order valence-corrected chi connectivity index (χ2v) is 10.8. The molecule has 1 unspecified atom stereocenters. The number of nitrogens with one attached hydrogen (secondary N) is 1. The summed E-state index contributed by atoms with van der Waals surface area (Å²) in [6.45, 7) is 2.84. The molecule has 0 saturated carbocycles. The molecule has 1 aromatic carbocycles. The zero-order valence-electron chi connectivity index (χ0n) is 22.0. The summed E-state index contributed by atoms with van der Waals surface area (Å²) in [6, 6.07) is 1.20. The number of carboxylic acids is 1. The minimum absolute atomic E-state index is 0.127.